The predicted octanol–water partition coefficient (Wildman–Crippen LogP) is 2.51. The molecule has 1 amide bonds. The van der Waals surface area contributed by atoms with E-state index in [2.05, 4.69) is 10.3 Å². The lowest BCUT2D eigenvalue weighted by Gasteiger charge is -2.15. The van der Waals surface area contributed by atoms with Crippen molar-refractivity contribution in [1.29, 1.82) is 0 Å². The molecule has 1 heterocycles. The van der Waals surface area contributed by atoms with Crippen LogP contribution in [0.5, 0.6) is 0 Å². The first kappa shape index (κ1) is 21.3. The van der Waals surface area contributed by atoms with Crippen molar-refractivity contribution in [2.24, 2.45) is 5.14 Å². The maximum atomic E-state index is 13.3. The number of pyridine rings is 1. The Hall–Kier alpha value is -3.37. The lowest BCUT2D eigenvalue weighted by Crippen LogP contribution is -2.30. The number of nitrogens with one attached hydrogen (secondary N) is 1. The molecule has 3 aromatic rings. The molecule has 0 spiro atoms. The second-order valence-corrected chi connectivity index (χ2v) is 8.13. The van der Waals surface area contributed by atoms with Crippen LogP contribution in [0.15, 0.2) is 53.4 Å². The molecule has 10 heteroatoms. The molecule has 156 valence electrons. The van der Waals surface area contributed by atoms with Gasteiger partial charge in [-0.2, -0.15) is 0 Å². The summed E-state index contributed by atoms with van der Waals surface area (Å²) in [7, 11) is -3.93. The zero-order chi connectivity index (χ0) is 22.1. The molecule has 1 aromatic heterocycles. The smallest absolute Gasteiger partial charge is 0.340 e. The third-order valence-corrected chi connectivity index (χ3v) is 5.18. The van der Waals surface area contributed by atoms with Gasteiger partial charge in [0, 0.05) is 17.1 Å². The van der Waals surface area contributed by atoms with Gasteiger partial charge >= 0.3 is 5.97 Å². The van der Waals surface area contributed by atoms with E-state index < -0.39 is 33.8 Å². The Morgan fingerprint density at radius 2 is 1.90 bits per heavy atom. The second kappa shape index (κ2) is 8.17. The van der Waals surface area contributed by atoms with Crippen LogP contribution in [0.3, 0.4) is 0 Å². The number of primary sulfonamides is 1. The van der Waals surface area contributed by atoms with Crippen molar-refractivity contribution in [3.05, 3.63) is 65.6 Å². The fraction of sp³-hybridized carbons (Fsp3) is 0.150. The molecule has 0 aliphatic rings. The number of ether oxygens (including phenoxy) is 1. The average Bonchev–Trinajstić information content (AvgIpc) is 2.66. The molecular weight excluding hydrogens is 413 g/mol. The number of carbonyl (C=O) groups excluding carboxylic acids is 2. The lowest BCUT2D eigenvalue weighted by atomic mass is 10.1. The van der Waals surface area contributed by atoms with E-state index in [0.717, 1.165) is 0 Å². The zero-order valence-corrected chi connectivity index (χ0v) is 16.9. The Balaban J connectivity index is 1.74. The summed E-state index contributed by atoms with van der Waals surface area (Å²) in [4.78, 5) is 28.9. The molecule has 3 rings (SSSR count). The number of halogens is 1. The minimum absolute atomic E-state index is 0.144. The van der Waals surface area contributed by atoms with Crippen molar-refractivity contribution in [2.45, 2.75) is 24.8 Å². The average molecular weight is 431 g/mol. The second-order valence-electron chi connectivity index (χ2n) is 6.57. The molecule has 0 bridgehead atoms. The van der Waals surface area contributed by atoms with E-state index in [1.54, 1.807) is 6.92 Å². The van der Waals surface area contributed by atoms with Gasteiger partial charge in [0.25, 0.3) is 5.91 Å². The number of hydrogen-bond acceptors (Lipinski definition) is 6. The van der Waals surface area contributed by atoms with Crippen LogP contribution in [0, 0.1) is 12.7 Å². The Morgan fingerprint density at radius 1 is 1.17 bits per heavy atom. The van der Waals surface area contributed by atoms with Gasteiger partial charge in [0.1, 0.15) is 5.82 Å². The number of carbonyl (C=O) groups is 2. The molecule has 30 heavy (non-hydrogen) atoms. The highest BCUT2D eigenvalue weighted by atomic mass is 32.2. The topological polar surface area (TPSA) is 128 Å². The number of sulfonamides is 1. The van der Waals surface area contributed by atoms with Crippen molar-refractivity contribution in [1.82, 2.24) is 4.98 Å². The molecule has 2 aromatic carbocycles. The van der Waals surface area contributed by atoms with Crippen molar-refractivity contribution in [2.75, 3.05) is 5.32 Å². The third kappa shape index (κ3) is 4.78. The molecule has 1 unspecified atom stereocenters. The van der Waals surface area contributed by atoms with Gasteiger partial charge in [-0.1, -0.05) is 6.07 Å². The van der Waals surface area contributed by atoms with Gasteiger partial charge in [-0.15, -0.1) is 0 Å². The van der Waals surface area contributed by atoms with E-state index in [1.165, 1.54) is 55.5 Å². The summed E-state index contributed by atoms with van der Waals surface area (Å²) in [6.45, 7) is 2.94. The highest BCUT2D eigenvalue weighted by molar-refractivity contribution is 7.89. The molecule has 0 fully saturated rings. The maximum Gasteiger partial charge on any atom is 0.340 e. The van der Waals surface area contributed by atoms with E-state index in [-0.39, 0.29) is 16.1 Å². The van der Waals surface area contributed by atoms with E-state index in [0.29, 0.717) is 16.6 Å². The minimum atomic E-state index is -3.93. The summed E-state index contributed by atoms with van der Waals surface area (Å²) in [6.07, 6.45) is -1.18. The number of fused-ring (bicyclic) bond motifs is 1. The Morgan fingerprint density at radius 3 is 2.60 bits per heavy atom. The number of nitrogens with zero attached hydrogens (tertiary/aromatic N) is 1. The Bertz CT molecular complexity index is 1260. The summed E-state index contributed by atoms with van der Waals surface area (Å²) in [5, 5.41) is 8.09. The lowest BCUT2D eigenvalue weighted by molar-refractivity contribution is -0.123. The number of aromatic nitrogens is 1. The summed E-state index contributed by atoms with van der Waals surface area (Å²) >= 11 is 0. The van der Waals surface area contributed by atoms with Crippen molar-refractivity contribution < 1.29 is 27.1 Å². The number of anilines is 1. The largest absolute Gasteiger partial charge is 0.449 e. The quantitative estimate of drug-likeness (QED) is 0.598. The molecule has 0 aliphatic heterocycles. The standard InChI is InChI=1S/C20H18FN3O5S/c1-11-17(8-13-6-7-14(21)9-18(13)23-11)20(26)29-12(2)19(25)24-15-4-3-5-16(10-15)30(22,27)28/h3-10,12H,1-2H3,(H,24,25)(H2,22,27,28). The first-order chi connectivity index (χ1) is 14.0. The summed E-state index contributed by atoms with van der Waals surface area (Å²) in [5.74, 6) is -1.88. The van der Waals surface area contributed by atoms with E-state index >= 15 is 0 Å². The third-order valence-electron chi connectivity index (χ3n) is 4.27. The number of amides is 1. The Kier molecular flexibility index (Phi) is 5.81. The van der Waals surface area contributed by atoms with Gasteiger partial charge in [-0.25, -0.2) is 22.7 Å². The van der Waals surface area contributed by atoms with Crippen LogP contribution < -0.4 is 10.5 Å². The normalized spacial score (nSPS) is 12.4. The zero-order valence-electron chi connectivity index (χ0n) is 16.0. The van der Waals surface area contributed by atoms with Gasteiger partial charge in [0.2, 0.25) is 10.0 Å². The minimum Gasteiger partial charge on any atom is -0.449 e. The van der Waals surface area contributed by atoms with Crippen LogP contribution in [0.4, 0.5) is 10.1 Å². The monoisotopic (exact) mass is 431 g/mol. The van der Waals surface area contributed by atoms with Gasteiger partial charge < -0.3 is 10.1 Å². The molecule has 0 saturated carbocycles. The molecular formula is C20H18FN3O5S. The van der Waals surface area contributed by atoms with Crippen molar-refractivity contribution >= 4 is 38.5 Å². The van der Waals surface area contributed by atoms with Crippen molar-refractivity contribution in [3.8, 4) is 0 Å². The molecule has 3 N–H and O–H groups in total. The first-order valence-corrected chi connectivity index (χ1v) is 10.3. The number of aryl methyl sites for hydroxylation is 1. The van der Waals surface area contributed by atoms with Crippen LogP contribution >= 0.6 is 0 Å². The summed E-state index contributed by atoms with van der Waals surface area (Å²) in [6, 6.07) is 10.9. The number of rotatable bonds is 5. The summed E-state index contributed by atoms with van der Waals surface area (Å²) in [5.41, 5.74) is 1.04. The van der Waals surface area contributed by atoms with Crippen LogP contribution in [0.1, 0.15) is 23.0 Å². The summed E-state index contributed by atoms with van der Waals surface area (Å²) < 4.78 is 41.4. The molecule has 0 saturated heterocycles. The SMILES string of the molecule is Cc1nc2cc(F)ccc2cc1C(=O)OC(C)C(=O)Nc1cccc(S(N)(=O)=O)c1. The van der Waals surface area contributed by atoms with Crippen molar-refractivity contribution in [3.63, 3.8) is 0 Å². The number of benzene rings is 2. The maximum absolute atomic E-state index is 13.3. The van der Waals surface area contributed by atoms with Crippen LogP contribution in [-0.2, 0) is 19.6 Å². The van der Waals surface area contributed by atoms with E-state index in [9.17, 15) is 22.4 Å². The molecule has 0 radical (unpaired) electrons. The highest BCUT2D eigenvalue weighted by Crippen LogP contribution is 2.19. The number of esters is 1. The fourth-order valence-corrected chi connectivity index (χ4v) is 3.27. The predicted molar refractivity (Wildman–Crippen MR) is 108 cm³/mol. The van der Waals surface area contributed by atoms with E-state index in [4.69, 9.17) is 9.88 Å². The van der Waals surface area contributed by atoms with Gasteiger partial charge in [-0.05, 0) is 50.2 Å². The first-order valence-electron chi connectivity index (χ1n) is 8.76. The number of nitrogens with two attached hydrogens (primary N) is 1. The van der Waals surface area contributed by atoms with E-state index in [1.807, 2.05) is 0 Å². The van der Waals surface area contributed by atoms with Gasteiger partial charge in [0.05, 0.1) is 21.7 Å². The fourth-order valence-electron chi connectivity index (χ4n) is 2.72. The van der Waals surface area contributed by atoms with Gasteiger partial charge in [0.15, 0.2) is 6.10 Å². The highest BCUT2D eigenvalue weighted by Gasteiger charge is 2.21. The van der Waals surface area contributed by atoms with Gasteiger partial charge in [-0.3, -0.25) is 9.78 Å². The number of hydrogen-bond donors (Lipinski definition) is 2. The van der Waals surface area contributed by atoms with Crippen LogP contribution in [0.25, 0.3) is 10.9 Å². The van der Waals surface area contributed by atoms with Crippen LogP contribution in [0.2, 0.25) is 0 Å². The molecule has 8 nitrogen and oxygen atoms in total. The molecule has 0 aliphatic carbocycles. The molecule has 1 atom stereocenters. The Labute approximate surface area is 171 Å². The van der Waals surface area contributed by atoms with Crippen LogP contribution in [-0.4, -0.2) is 31.4 Å².